The van der Waals surface area contributed by atoms with Gasteiger partial charge >= 0.3 is 0 Å². The molecule has 0 aliphatic carbocycles. The monoisotopic (exact) mass is 290 g/mol. The molecule has 1 aromatic carbocycles. The van der Waals surface area contributed by atoms with Gasteiger partial charge in [-0.15, -0.1) is 11.3 Å². The van der Waals surface area contributed by atoms with Crippen LogP contribution in [0.1, 0.15) is 30.0 Å². The highest BCUT2D eigenvalue weighted by Crippen LogP contribution is 2.33. The summed E-state index contributed by atoms with van der Waals surface area (Å²) in [6.45, 7) is 2.85. The van der Waals surface area contributed by atoms with Gasteiger partial charge in [-0.2, -0.15) is 5.10 Å². The number of aromatic nitrogens is 2. The lowest BCUT2D eigenvalue weighted by Crippen LogP contribution is -2.09. The first kappa shape index (κ1) is 13.3. The average Bonchev–Trinajstić information content (AvgIpc) is 3.04. The fourth-order valence-corrected chi connectivity index (χ4v) is 3.33. The zero-order chi connectivity index (χ0) is 14.1. The summed E-state index contributed by atoms with van der Waals surface area (Å²) in [6, 6.07) is 8.35. The second kappa shape index (κ2) is 5.34. The van der Waals surface area contributed by atoms with E-state index in [0.717, 1.165) is 33.6 Å². The number of thiophene rings is 1. The first-order valence-electron chi connectivity index (χ1n) is 6.58. The van der Waals surface area contributed by atoms with E-state index in [0.29, 0.717) is 0 Å². The van der Waals surface area contributed by atoms with Gasteiger partial charge in [0.15, 0.2) is 0 Å². The Hall–Kier alpha value is -1.72. The van der Waals surface area contributed by atoms with Gasteiger partial charge in [-0.05, 0) is 42.1 Å². The highest BCUT2D eigenvalue weighted by molar-refractivity contribution is 7.19. The molecular weight excluding hydrogens is 275 g/mol. The van der Waals surface area contributed by atoms with E-state index in [1.807, 2.05) is 16.8 Å². The van der Waals surface area contributed by atoms with E-state index in [2.05, 4.69) is 12.0 Å². The molecule has 2 aromatic heterocycles. The Balaban J connectivity index is 1.99. The number of fused-ring (bicyclic) bond motifs is 1. The molecule has 1 atom stereocenters. The van der Waals surface area contributed by atoms with Crippen molar-refractivity contribution in [2.75, 3.05) is 0 Å². The summed E-state index contributed by atoms with van der Waals surface area (Å²) in [5.41, 5.74) is 0.777. The minimum atomic E-state index is -0.718. The average molecular weight is 290 g/mol. The van der Waals surface area contributed by atoms with Crippen molar-refractivity contribution in [1.29, 1.82) is 0 Å². The molecule has 3 aromatic rings. The van der Waals surface area contributed by atoms with Crippen molar-refractivity contribution >= 4 is 21.4 Å². The first-order chi connectivity index (χ1) is 9.69. The minimum absolute atomic E-state index is 0.257. The molecule has 0 fully saturated rings. The zero-order valence-electron chi connectivity index (χ0n) is 11.1. The second-order valence-corrected chi connectivity index (χ2v) is 5.83. The molecule has 1 unspecified atom stereocenters. The molecule has 0 saturated carbocycles. The third kappa shape index (κ3) is 2.34. The number of halogens is 1. The molecule has 5 heteroatoms. The number of benzene rings is 1. The summed E-state index contributed by atoms with van der Waals surface area (Å²) >= 11 is 1.48. The van der Waals surface area contributed by atoms with Crippen LogP contribution in [0, 0.1) is 5.82 Å². The van der Waals surface area contributed by atoms with Crippen LogP contribution in [-0.4, -0.2) is 14.9 Å². The molecule has 0 spiro atoms. The summed E-state index contributed by atoms with van der Waals surface area (Å²) in [5, 5.41) is 15.6. The number of rotatable bonds is 4. The van der Waals surface area contributed by atoms with Crippen LogP contribution in [0.5, 0.6) is 0 Å². The van der Waals surface area contributed by atoms with Crippen LogP contribution in [-0.2, 0) is 6.54 Å². The van der Waals surface area contributed by atoms with E-state index in [1.165, 1.54) is 23.5 Å². The maximum atomic E-state index is 13.2. The summed E-state index contributed by atoms with van der Waals surface area (Å²) in [4.78, 5) is 0.809. The molecule has 1 N–H and O–H groups in total. The van der Waals surface area contributed by atoms with Crippen LogP contribution in [0.4, 0.5) is 4.39 Å². The van der Waals surface area contributed by atoms with Gasteiger partial charge in [0, 0.05) is 22.3 Å². The minimum Gasteiger partial charge on any atom is -0.381 e. The number of aliphatic hydroxyl groups is 1. The van der Waals surface area contributed by atoms with E-state index in [1.54, 1.807) is 12.3 Å². The summed E-state index contributed by atoms with van der Waals surface area (Å²) in [5.74, 6) is -0.257. The van der Waals surface area contributed by atoms with E-state index < -0.39 is 6.10 Å². The predicted octanol–water partition coefficient (Wildman–Crippen LogP) is 3.73. The van der Waals surface area contributed by atoms with Crippen molar-refractivity contribution in [2.45, 2.75) is 26.0 Å². The molecule has 0 amide bonds. The number of nitrogens with zero attached hydrogens (tertiary/aromatic N) is 2. The smallest absolute Gasteiger partial charge is 0.130 e. The zero-order valence-corrected chi connectivity index (χ0v) is 11.9. The van der Waals surface area contributed by atoms with Crippen molar-refractivity contribution in [2.24, 2.45) is 0 Å². The normalized spacial score (nSPS) is 12.9. The third-order valence-corrected chi connectivity index (χ3v) is 4.40. The lowest BCUT2D eigenvalue weighted by molar-refractivity contribution is 0.211. The van der Waals surface area contributed by atoms with Crippen LogP contribution in [0.25, 0.3) is 10.1 Å². The van der Waals surface area contributed by atoms with Crippen molar-refractivity contribution in [3.05, 3.63) is 52.9 Å². The fourth-order valence-electron chi connectivity index (χ4n) is 2.29. The first-order valence-corrected chi connectivity index (χ1v) is 7.39. The van der Waals surface area contributed by atoms with Crippen LogP contribution in [0.15, 0.2) is 36.5 Å². The summed E-state index contributed by atoms with van der Waals surface area (Å²) < 4.78 is 16.0. The van der Waals surface area contributed by atoms with E-state index in [4.69, 9.17) is 0 Å². The molecule has 104 valence electrons. The van der Waals surface area contributed by atoms with Crippen molar-refractivity contribution in [3.8, 4) is 0 Å². The molecule has 20 heavy (non-hydrogen) atoms. The van der Waals surface area contributed by atoms with E-state index >= 15 is 0 Å². The Labute approximate surface area is 120 Å². The fraction of sp³-hybridized carbons (Fsp3) is 0.267. The lowest BCUT2D eigenvalue weighted by atomic mass is 10.2. The SMILES string of the molecule is CCCn1nccc1C(O)c1cc2cc(F)ccc2s1. The van der Waals surface area contributed by atoms with Gasteiger partial charge in [-0.1, -0.05) is 6.92 Å². The quantitative estimate of drug-likeness (QED) is 0.795. The van der Waals surface area contributed by atoms with Crippen LogP contribution < -0.4 is 0 Å². The standard InChI is InChI=1S/C15H15FN2OS/c1-2-7-18-12(5-6-17-18)15(19)14-9-10-8-11(16)3-4-13(10)20-14/h3-6,8-9,15,19H,2,7H2,1H3. The van der Waals surface area contributed by atoms with E-state index in [9.17, 15) is 9.50 Å². The third-order valence-electron chi connectivity index (χ3n) is 3.23. The van der Waals surface area contributed by atoms with Gasteiger partial charge in [0.2, 0.25) is 0 Å². The highest BCUT2D eigenvalue weighted by atomic mass is 32.1. The van der Waals surface area contributed by atoms with Gasteiger partial charge in [-0.3, -0.25) is 4.68 Å². The molecule has 3 rings (SSSR count). The van der Waals surface area contributed by atoms with Crippen molar-refractivity contribution < 1.29 is 9.50 Å². The van der Waals surface area contributed by atoms with E-state index in [-0.39, 0.29) is 5.82 Å². The number of aryl methyl sites for hydroxylation is 1. The molecule has 2 heterocycles. The summed E-state index contributed by atoms with van der Waals surface area (Å²) in [7, 11) is 0. The Morgan fingerprint density at radius 1 is 1.35 bits per heavy atom. The number of hydrogen-bond acceptors (Lipinski definition) is 3. The van der Waals surface area contributed by atoms with Gasteiger partial charge in [0.1, 0.15) is 11.9 Å². The van der Waals surface area contributed by atoms with Gasteiger partial charge in [0.25, 0.3) is 0 Å². The maximum Gasteiger partial charge on any atom is 0.130 e. The Kier molecular flexibility index (Phi) is 3.54. The van der Waals surface area contributed by atoms with Gasteiger partial charge in [-0.25, -0.2) is 4.39 Å². The molecule has 0 aliphatic rings. The maximum absolute atomic E-state index is 13.2. The van der Waals surface area contributed by atoms with Crippen LogP contribution in [0.2, 0.25) is 0 Å². The molecule has 0 bridgehead atoms. The highest BCUT2D eigenvalue weighted by Gasteiger charge is 2.17. The van der Waals surface area contributed by atoms with Crippen LogP contribution >= 0.6 is 11.3 Å². The number of aliphatic hydroxyl groups excluding tert-OH is 1. The molecule has 0 radical (unpaired) electrons. The Morgan fingerprint density at radius 3 is 3.00 bits per heavy atom. The number of hydrogen-bond donors (Lipinski definition) is 1. The largest absolute Gasteiger partial charge is 0.381 e. The predicted molar refractivity (Wildman–Crippen MR) is 78.4 cm³/mol. The topological polar surface area (TPSA) is 38.0 Å². The lowest BCUT2D eigenvalue weighted by Gasteiger charge is -2.11. The Morgan fingerprint density at radius 2 is 2.20 bits per heavy atom. The molecular formula is C15H15FN2OS. The van der Waals surface area contributed by atoms with Crippen molar-refractivity contribution in [3.63, 3.8) is 0 Å². The van der Waals surface area contributed by atoms with Gasteiger partial charge in [0.05, 0.1) is 5.69 Å². The second-order valence-electron chi connectivity index (χ2n) is 4.71. The molecule has 0 aliphatic heterocycles. The Bertz CT molecular complexity index is 734. The molecule has 3 nitrogen and oxygen atoms in total. The van der Waals surface area contributed by atoms with Crippen LogP contribution in [0.3, 0.4) is 0 Å². The summed E-state index contributed by atoms with van der Waals surface area (Å²) in [6.07, 6.45) is 1.93. The van der Waals surface area contributed by atoms with Gasteiger partial charge < -0.3 is 5.11 Å². The van der Waals surface area contributed by atoms with Crippen molar-refractivity contribution in [1.82, 2.24) is 9.78 Å². The molecule has 0 saturated heterocycles.